The standard InChI is InChI=1S/C9H10FIN2O/c1-5(14)13-9-3-7(10)8(11)2-6(9)4-12/h2-3H,4,12H2,1H3,(H,13,14). The Balaban J connectivity index is 3.13. The van der Waals surface area contributed by atoms with Crippen LogP contribution in [0.4, 0.5) is 10.1 Å². The van der Waals surface area contributed by atoms with Gasteiger partial charge in [0.1, 0.15) is 5.82 Å². The maximum absolute atomic E-state index is 13.1. The largest absolute Gasteiger partial charge is 0.326 e. The van der Waals surface area contributed by atoms with E-state index in [2.05, 4.69) is 5.32 Å². The van der Waals surface area contributed by atoms with E-state index in [4.69, 9.17) is 5.73 Å². The van der Waals surface area contributed by atoms with Gasteiger partial charge in [0.2, 0.25) is 5.91 Å². The van der Waals surface area contributed by atoms with Crippen LogP contribution in [-0.4, -0.2) is 5.91 Å². The van der Waals surface area contributed by atoms with Crippen molar-refractivity contribution in [1.29, 1.82) is 0 Å². The molecule has 1 aromatic rings. The average molecular weight is 308 g/mol. The minimum atomic E-state index is -0.355. The van der Waals surface area contributed by atoms with E-state index in [1.807, 2.05) is 22.6 Å². The van der Waals surface area contributed by atoms with Crippen molar-refractivity contribution in [2.45, 2.75) is 13.5 Å². The lowest BCUT2D eigenvalue weighted by molar-refractivity contribution is -0.114. The third-order valence-electron chi connectivity index (χ3n) is 1.68. The van der Waals surface area contributed by atoms with Gasteiger partial charge in [-0.1, -0.05) is 0 Å². The molecule has 0 saturated heterocycles. The van der Waals surface area contributed by atoms with E-state index in [-0.39, 0.29) is 18.3 Å². The molecule has 0 aliphatic rings. The Kier molecular flexibility index (Phi) is 3.82. The molecule has 76 valence electrons. The Morgan fingerprint density at radius 3 is 2.79 bits per heavy atom. The summed E-state index contributed by atoms with van der Waals surface area (Å²) in [7, 11) is 0. The monoisotopic (exact) mass is 308 g/mol. The summed E-state index contributed by atoms with van der Waals surface area (Å²) in [5.74, 6) is -0.591. The number of benzene rings is 1. The van der Waals surface area contributed by atoms with Crippen molar-refractivity contribution in [3.63, 3.8) is 0 Å². The first kappa shape index (κ1) is 11.4. The van der Waals surface area contributed by atoms with Crippen LogP contribution in [0.2, 0.25) is 0 Å². The number of rotatable bonds is 2. The minimum absolute atomic E-state index is 0.236. The third-order valence-corrected chi connectivity index (χ3v) is 2.50. The van der Waals surface area contributed by atoms with Gasteiger partial charge in [-0.05, 0) is 40.3 Å². The van der Waals surface area contributed by atoms with Gasteiger partial charge in [0.15, 0.2) is 0 Å². The molecule has 14 heavy (non-hydrogen) atoms. The number of amides is 1. The summed E-state index contributed by atoms with van der Waals surface area (Å²) in [4.78, 5) is 10.8. The molecule has 0 unspecified atom stereocenters. The van der Waals surface area contributed by atoms with Gasteiger partial charge in [-0.25, -0.2) is 4.39 Å². The molecule has 0 fully saturated rings. The van der Waals surface area contributed by atoms with Gasteiger partial charge in [-0.15, -0.1) is 0 Å². The van der Waals surface area contributed by atoms with Crippen molar-refractivity contribution in [3.05, 3.63) is 27.1 Å². The molecule has 0 saturated carbocycles. The number of halogens is 2. The van der Waals surface area contributed by atoms with E-state index in [1.54, 1.807) is 6.07 Å². The first-order valence-corrected chi connectivity index (χ1v) is 5.08. The molecule has 1 amide bonds. The van der Waals surface area contributed by atoms with Crippen LogP contribution in [0.15, 0.2) is 12.1 Å². The van der Waals surface area contributed by atoms with Crippen molar-refractivity contribution < 1.29 is 9.18 Å². The average Bonchev–Trinajstić information content (AvgIpc) is 2.10. The van der Waals surface area contributed by atoms with E-state index < -0.39 is 0 Å². The van der Waals surface area contributed by atoms with Gasteiger partial charge in [0.25, 0.3) is 0 Å². The lowest BCUT2D eigenvalue weighted by Crippen LogP contribution is -2.11. The van der Waals surface area contributed by atoms with Crippen molar-refractivity contribution in [3.8, 4) is 0 Å². The smallest absolute Gasteiger partial charge is 0.221 e. The highest BCUT2D eigenvalue weighted by molar-refractivity contribution is 14.1. The van der Waals surface area contributed by atoms with Crippen molar-refractivity contribution in [2.24, 2.45) is 5.73 Å². The highest BCUT2D eigenvalue weighted by Gasteiger charge is 2.07. The number of anilines is 1. The van der Waals surface area contributed by atoms with Gasteiger partial charge < -0.3 is 11.1 Å². The van der Waals surface area contributed by atoms with Crippen LogP contribution in [0, 0.1) is 9.39 Å². The van der Waals surface area contributed by atoms with E-state index in [9.17, 15) is 9.18 Å². The number of nitrogens with one attached hydrogen (secondary N) is 1. The second kappa shape index (κ2) is 4.70. The van der Waals surface area contributed by atoms with E-state index in [1.165, 1.54) is 13.0 Å². The van der Waals surface area contributed by atoms with Crippen LogP contribution in [0.25, 0.3) is 0 Å². The fourth-order valence-electron chi connectivity index (χ4n) is 1.06. The van der Waals surface area contributed by atoms with Gasteiger partial charge in [0, 0.05) is 22.7 Å². The quantitative estimate of drug-likeness (QED) is 0.819. The SMILES string of the molecule is CC(=O)Nc1cc(F)c(I)cc1CN. The molecule has 3 nitrogen and oxygen atoms in total. The number of carbonyl (C=O) groups excluding carboxylic acids is 1. The molecule has 0 aliphatic heterocycles. The maximum atomic E-state index is 13.1. The summed E-state index contributed by atoms with van der Waals surface area (Å²) >= 11 is 1.88. The van der Waals surface area contributed by atoms with Gasteiger partial charge in [0.05, 0.1) is 0 Å². The van der Waals surface area contributed by atoms with Crippen LogP contribution in [0.5, 0.6) is 0 Å². The summed E-state index contributed by atoms with van der Waals surface area (Å²) in [5, 5.41) is 2.53. The summed E-state index contributed by atoms with van der Waals surface area (Å²) in [6.07, 6.45) is 0. The fraction of sp³-hybridized carbons (Fsp3) is 0.222. The maximum Gasteiger partial charge on any atom is 0.221 e. The lowest BCUT2D eigenvalue weighted by atomic mass is 10.1. The predicted octanol–water partition coefficient (Wildman–Crippen LogP) is 1.85. The van der Waals surface area contributed by atoms with Crippen LogP contribution in [0.1, 0.15) is 12.5 Å². The molecule has 0 aromatic heterocycles. The molecule has 0 spiro atoms. The molecule has 1 aromatic carbocycles. The molecule has 0 bridgehead atoms. The topological polar surface area (TPSA) is 55.1 Å². The highest BCUT2D eigenvalue weighted by atomic mass is 127. The second-order valence-corrected chi connectivity index (χ2v) is 3.97. The molecular formula is C9H10FIN2O. The van der Waals surface area contributed by atoms with Crippen LogP contribution in [-0.2, 0) is 11.3 Å². The predicted molar refractivity (Wildman–Crippen MR) is 61.3 cm³/mol. The van der Waals surface area contributed by atoms with Gasteiger partial charge in [-0.3, -0.25) is 4.79 Å². The molecule has 1 rings (SSSR count). The summed E-state index contributed by atoms with van der Waals surface area (Å²) in [6.45, 7) is 1.64. The van der Waals surface area contributed by atoms with Crippen LogP contribution >= 0.6 is 22.6 Å². The van der Waals surface area contributed by atoms with Gasteiger partial charge in [-0.2, -0.15) is 0 Å². The van der Waals surface area contributed by atoms with E-state index in [0.29, 0.717) is 9.26 Å². The highest BCUT2D eigenvalue weighted by Crippen LogP contribution is 2.21. The zero-order valence-corrected chi connectivity index (χ0v) is 9.76. The molecule has 0 aliphatic carbocycles. The number of nitrogens with two attached hydrogens (primary N) is 1. The Bertz CT molecular complexity index is 368. The van der Waals surface area contributed by atoms with E-state index >= 15 is 0 Å². The van der Waals surface area contributed by atoms with Crippen LogP contribution in [0.3, 0.4) is 0 Å². The Labute approximate surface area is 95.0 Å². The number of hydrogen-bond donors (Lipinski definition) is 2. The summed E-state index contributed by atoms with van der Waals surface area (Å²) < 4.78 is 13.6. The molecule has 0 atom stereocenters. The number of hydrogen-bond acceptors (Lipinski definition) is 2. The Morgan fingerprint density at radius 1 is 1.64 bits per heavy atom. The summed E-state index contributed by atoms with van der Waals surface area (Å²) in [5.41, 5.74) is 6.64. The first-order chi connectivity index (χ1) is 6.54. The minimum Gasteiger partial charge on any atom is -0.326 e. The fourth-order valence-corrected chi connectivity index (χ4v) is 1.59. The van der Waals surface area contributed by atoms with Crippen LogP contribution < -0.4 is 11.1 Å². The van der Waals surface area contributed by atoms with Crippen molar-refractivity contribution in [1.82, 2.24) is 0 Å². The third kappa shape index (κ3) is 2.65. The van der Waals surface area contributed by atoms with Gasteiger partial charge >= 0.3 is 0 Å². The normalized spacial score (nSPS) is 10.0. The zero-order chi connectivity index (χ0) is 10.7. The van der Waals surface area contributed by atoms with Crippen molar-refractivity contribution in [2.75, 3.05) is 5.32 Å². The van der Waals surface area contributed by atoms with E-state index in [0.717, 1.165) is 5.56 Å². The number of carbonyl (C=O) groups is 1. The second-order valence-electron chi connectivity index (χ2n) is 2.81. The first-order valence-electron chi connectivity index (χ1n) is 4.00. The lowest BCUT2D eigenvalue weighted by Gasteiger charge is -2.09. The summed E-state index contributed by atoms with van der Waals surface area (Å²) in [6, 6.07) is 2.91. The molecule has 0 radical (unpaired) electrons. The molecule has 0 heterocycles. The van der Waals surface area contributed by atoms with Crippen molar-refractivity contribution >= 4 is 34.2 Å². The zero-order valence-electron chi connectivity index (χ0n) is 7.60. The molecular weight excluding hydrogens is 298 g/mol. The Hall–Kier alpha value is -0.690. The Morgan fingerprint density at radius 2 is 2.29 bits per heavy atom. The molecule has 5 heteroatoms. The molecule has 3 N–H and O–H groups in total.